The van der Waals surface area contributed by atoms with E-state index in [2.05, 4.69) is 43.6 Å². The van der Waals surface area contributed by atoms with Crippen LogP contribution in [-0.4, -0.2) is 23.9 Å². The standard InChI is InChI=1S/C16H26N2OS/c1-4-5-6-9-16(2,3)12-18-14(19)11-17-15(18)13-8-7-10-20-13/h7-8,10,15,17H,4-6,9,11-12H2,1-3H3. The monoisotopic (exact) mass is 294 g/mol. The highest BCUT2D eigenvalue weighted by Gasteiger charge is 2.35. The third-order valence-electron chi connectivity index (χ3n) is 3.95. The predicted octanol–water partition coefficient (Wildman–Crippen LogP) is 3.79. The molecule has 1 unspecified atom stereocenters. The van der Waals surface area contributed by atoms with Gasteiger partial charge in [0.25, 0.3) is 0 Å². The number of amides is 1. The van der Waals surface area contributed by atoms with E-state index in [-0.39, 0.29) is 17.5 Å². The van der Waals surface area contributed by atoms with Gasteiger partial charge >= 0.3 is 0 Å². The molecule has 1 aliphatic heterocycles. The molecule has 1 aromatic rings. The smallest absolute Gasteiger partial charge is 0.238 e. The van der Waals surface area contributed by atoms with Crippen molar-refractivity contribution in [2.75, 3.05) is 13.1 Å². The molecule has 1 saturated heterocycles. The Balaban J connectivity index is 2.00. The first-order valence-electron chi connectivity index (χ1n) is 7.60. The summed E-state index contributed by atoms with van der Waals surface area (Å²) >= 11 is 1.72. The first-order chi connectivity index (χ1) is 9.53. The highest BCUT2D eigenvalue weighted by atomic mass is 32.1. The van der Waals surface area contributed by atoms with Gasteiger partial charge in [-0.3, -0.25) is 10.1 Å². The first-order valence-corrected chi connectivity index (χ1v) is 8.48. The Morgan fingerprint density at radius 3 is 2.90 bits per heavy atom. The van der Waals surface area contributed by atoms with Crippen molar-refractivity contribution in [1.82, 2.24) is 10.2 Å². The predicted molar refractivity (Wildman–Crippen MR) is 84.7 cm³/mol. The van der Waals surface area contributed by atoms with Gasteiger partial charge in [-0.25, -0.2) is 0 Å². The summed E-state index contributed by atoms with van der Waals surface area (Å²) in [6.07, 6.45) is 5.04. The van der Waals surface area contributed by atoms with Crippen molar-refractivity contribution in [2.45, 2.75) is 52.6 Å². The Hall–Kier alpha value is -0.870. The average molecular weight is 294 g/mol. The maximum Gasteiger partial charge on any atom is 0.238 e. The van der Waals surface area contributed by atoms with Crippen LogP contribution in [0.1, 0.15) is 57.5 Å². The lowest BCUT2D eigenvalue weighted by atomic mass is 9.86. The van der Waals surface area contributed by atoms with E-state index in [9.17, 15) is 4.79 Å². The summed E-state index contributed by atoms with van der Waals surface area (Å²) in [6, 6.07) is 4.16. The van der Waals surface area contributed by atoms with Gasteiger partial charge < -0.3 is 4.90 Å². The van der Waals surface area contributed by atoms with Crippen LogP contribution in [0, 0.1) is 5.41 Å². The van der Waals surface area contributed by atoms with Gasteiger partial charge in [0.2, 0.25) is 5.91 Å². The van der Waals surface area contributed by atoms with Crippen molar-refractivity contribution < 1.29 is 4.79 Å². The molecule has 2 rings (SSSR count). The van der Waals surface area contributed by atoms with Gasteiger partial charge in [0.05, 0.1) is 6.54 Å². The van der Waals surface area contributed by atoms with Crippen LogP contribution >= 0.6 is 11.3 Å². The Kier molecular flexibility index (Phi) is 5.22. The van der Waals surface area contributed by atoms with Gasteiger partial charge in [-0.15, -0.1) is 11.3 Å². The van der Waals surface area contributed by atoms with Crippen LogP contribution in [0.2, 0.25) is 0 Å². The minimum Gasteiger partial charge on any atom is -0.320 e. The number of unbranched alkanes of at least 4 members (excludes halogenated alkanes) is 2. The van der Waals surface area contributed by atoms with E-state index in [4.69, 9.17) is 0 Å². The van der Waals surface area contributed by atoms with Crippen molar-refractivity contribution >= 4 is 17.2 Å². The maximum atomic E-state index is 12.2. The summed E-state index contributed by atoms with van der Waals surface area (Å²) in [5.74, 6) is 0.229. The van der Waals surface area contributed by atoms with E-state index >= 15 is 0 Å². The third kappa shape index (κ3) is 3.83. The zero-order valence-electron chi connectivity index (χ0n) is 12.8. The molecule has 0 aliphatic carbocycles. The summed E-state index contributed by atoms with van der Waals surface area (Å²) in [6.45, 7) is 8.09. The zero-order chi connectivity index (χ0) is 14.6. The van der Waals surface area contributed by atoms with Gasteiger partial charge in [0, 0.05) is 11.4 Å². The molecule has 1 aliphatic rings. The highest BCUT2D eigenvalue weighted by Crippen LogP contribution is 2.32. The molecule has 0 spiro atoms. The Labute approximate surface area is 126 Å². The Bertz CT molecular complexity index is 428. The van der Waals surface area contributed by atoms with Gasteiger partial charge in [-0.05, 0) is 23.3 Å². The molecular formula is C16H26N2OS. The zero-order valence-corrected chi connectivity index (χ0v) is 13.6. The van der Waals surface area contributed by atoms with Gasteiger partial charge in [-0.1, -0.05) is 46.1 Å². The molecule has 112 valence electrons. The molecule has 1 atom stereocenters. The van der Waals surface area contributed by atoms with Crippen molar-refractivity contribution in [3.05, 3.63) is 22.4 Å². The molecule has 4 heteroatoms. The molecule has 3 nitrogen and oxygen atoms in total. The summed E-state index contributed by atoms with van der Waals surface area (Å²) < 4.78 is 0. The molecule has 1 aromatic heterocycles. The number of nitrogens with zero attached hydrogens (tertiary/aromatic N) is 1. The SMILES string of the molecule is CCCCCC(C)(C)CN1C(=O)CNC1c1cccs1. The molecule has 0 bridgehead atoms. The minimum atomic E-state index is 0.0768. The van der Waals surface area contributed by atoms with Crippen molar-refractivity contribution in [3.8, 4) is 0 Å². The van der Waals surface area contributed by atoms with Gasteiger partial charge in [-0.2, -0.15) is 0 Å². The van der Waals surface area contributed by atoms with E-state index in [0.717, 1.165) is 6.54 Å². The van der Waals surface area contributed by atoms with E-state index in [1.807, 2.05) is 4.90 Å². The normalized spacial score (nSPS) is 19.9. The van der Waals surface area contributed by atoms with Crippen LogP contribution in [-0.2, 0) is 4.79 Å². The largest absolute Gasteiger partial charge is 0.320 e. The van der Waals surface area contributed by atoms with Crippen LogP contribution in [0.25, 0.3) is 0 Å². The third-order valence-corrected chi connectivity index (χ3v) is 4.87. The molecule has 0 saturated carbocycles. The van der Waals surface area contributed by atoms with Crippen LogP contribution < -0.4 is 5.32 Å². The summed E-state index contributed by atoms with van der Waals surface area (Å²) in [4.78, 5) is 15.4. The molecule has 0 aromatic carbocycles. The van der Waals surface area contributed by atoms with Crippen LogP contribution in [0.3, 0.4) is 0 Å². The van der Waals surface area contributed by atoms with E-state index in [1.54, 1.807) is 11.3 Å². The number of nitrogens with one attached hydrogen (secondary N) is 1. The number of carbonyl (C=O) groups is 1. The lowest BCUT2D eigenvalue weighted by Gasteiger charge is -2.33. The van der Waals surface area contributed by atoms with Crippen LogP contribution in [0.15, 0.2) is 17.5 Å². The summed E-state index contributed by atoms with van der Waals surface area (Å²) in [7, 11) is 0. The molecule has 1 N–H and O–H groups in total. The maximum absolute atomic E-state index is 12.2. The summed E-state index contributed by atoms with van der Waals surface area (Å²) in [5, 5.41) is 5.41. The highest BCUT2D eigenvalue weighted by molar-refractivity contribution is 7.10. The Morgan fingerprint density at radius 1 is 1.45 bits per heavy atom. The first kappa shape index (κ1) is 15.5. The number of hydrogen-bond acceptors (Lipinski definition) is 3. The van der Waals surface area contributed by atoms with E-state index in [1.165, 1.54) is 30.6 Å². The fraction of sp³-hybridized carbons (Fsp3) is 0.688. The number of thiophene rings is 1. The quantitative estimate of drug-likeness (QED) is 0.776. The Morgan fingerprint density at radius 2 is 2.25 bits per heavy atom. The molecule has 0 radical (unpaired) electrons. The number of carbonyl (C=O) groups excluding carboxylic acids is 1. The fourth-order valence-electron chi connectivity index (χ4n) is 2.81. The second kappa shape index (κ2) is 6.72. The minimum absolute atomic E-state index is 0.0768. The summed E-state index contributed by atoms with van der Waals surface area (Å²) in [5.41, 5.74) is 0.187. The fourth-order valence-corrected chi connectivity index (χ4v) is 3.62. The topological polar surface area (TPSA) is 32.3 Å². The van der Waals surface area contributed by atoms with Crippen LogP contribution in [0.4, 0.5) is 0 Å². The molecular weight excluding hydrogens is 268 g/mol. The van der Waals surface area contributed by atoms with Crippen LogP contribution in [0.5, 0.6) is 0 Å². The van der Waals surface area contributed by atoms with E-state index in [0.29, 0.717) is 6.54 Å². The second-order valence-corrected chi connectivity index (χ2v) is 7.42. The van der Waals surface area contributed by atoms with Gasteiger partial charge in [0.1, 0.15) is 6.17 Å². The number of rotatable bonds is 7. The second-order valence-electron chi connectivity index (χ2n) is 6.44. The molecule has 20 heavy (non-hydrogen) atoms. The van der Waals surface area contributed by atoms with Gasteiger partial charge in [0.15, 0.2) is 0 Å². The van der Waals surface area contributed by atoms with E-state index < -0.39 is 0 Å². The lowest BCUT2D eigenvalue weighted by Crippen LogP contribution is -2.38. The van der Waals surface area contributed by atoms with Crippen molar-refractivity contribution in [1.29, 1.82) is 0 Å². The van der Waals surface area contributed by atoms with Crippen molar-refractivity contribution in [3.63, 3.8) is 0 Å². The average Bonchev–Trinajstić information content (AvgIpc) is 3.01. The lowest BCUT2D eigenvalue weighted by molar-refractivity contribution is -0.129. The molecule has 2 heterocycles. The molecule has 1 amide bonds. The molecule has 1 fully saturated rings. The van der Waals surface area contributed by atoms with Crippen molar-refractivity contribution in [2.24, 2.45) is 5.41 Å². The number of hydrogen-bond donors (Lipinski definition) is 1.